The molecule has 9 heteroatoms. The van der Waals surface area contributed by atoms with E-state index in [4.69, 9.17) is 4.74 Å². The molecular weight excluding hydrogens is 368 g/mol. The molecule has 0 spiro atoms. The summed E-state index contributed by atoms with van der Waals surface area (Å²) in [5.41, 5.74) is 0.0626. The second-order valence-electron chi connectivity index (χ2n) is 5.37. The summed E-state index contributed by atoms with van der Waals surface area (Å²) in [6, 6.07) is 4.68. The van der Waals surface area contributed by atoms with Crippen molar-refractivity contribution in [2.24, 2.45) is 0 Å². The monoisotopic (exact) mass is 385 g/mol. The maximum Gasteiger partial charge on any atom is 0.328 e. The number of carbonyl (C=O) groups excluding carboxylic acids is 1. The Balaban J connectivity index is 2.46. The van der Waals surface area contributed by atoms with Crippen LogP contribution in [0.15, 0.2) is 41.3 Å². The highest BCUT2D eigenvalue weighted by molar-refractivity contribution is 7.89. The molecular formula is C17H17F2NO5S. The van der Waals surface area contributed by atoms with Crippen molar-refractivity contribution in [3.63, 3.8) is 0 Å². The summed E-state index contributed by atoms with van der Waals surface area (Å²) in [7, 11) is -1.78. The Hall–Kier alpha value is -2.52. The highest BCUT2D eigenvalue weighted by atomic mass is 32.2. The van der Waals surface area contributed by atoms with Crippen LogP contribution in [0, 0.1) is 18.6 Å². The van der Waals surface area contributed by atoms with Gasteiger partial charge in [-0.15, -0.1) is 0 Å². The Kier molecular flexibility index (Phi) is 5.94. The molecule has 0 aliphatic heterocycles. The zero-order chi connectivity index (χ0) is 19.5. The fourth-order valence-electron chi connectivity index (χ4n) is 2.33. The maximum absolute atomic E-state index is 14.0. The second kappa shape index (κ2) is 7.79. The van der Waals surface area contributed by atoms with Crippen molar-refractivity contribution in [2.45, 2.75) is 17.9 Å². The smallest absolute Gasteiger partial charge is 0.328 e. The van der Waals surface area contributed by atoms with Crippen molar-refractivity contribution in [3.8, 4) is 5.75 Å². The Morgan fingerprint density at radius 1 is 1.12 bits per heavy atom. The number of aryl methyl sites for hydroxylation is 1. The first-order chi connectivity index (χ1) is 12.2. The van der Waals surface area contributed by atoms with E-state index in [1.807, 2.05) is 0 Å². The zero-order valence-corrected chi connectivity index (χ0v) is 15.1. The van der Waals surface area contributed by atoms with Crippen LogP contribution in [0.3, 0.4) is 0 Å². The summed E-state index contributed by atoms with van der Waals surface area (Å²) in [4.78, 5) is 11.8. The number of carbonyl (C=O) groups is 1. The number of rotatable bonds is 6. The first-order valence-electron chi connectivity index (χ1n) is 7.39. The number of benzene rings is 2. The Labute approximate surface area is 149 Å². The molecule has 0 heterocycles. The molecule has 1 unspecified atom stereocenters. The van der Waals surface area contributed by atoms with Crippen molar-refractivity contribution in [1.82, 2.24) is 4.72 Å². The third-order valence-electron chi connectivity index (χ3n) is 3.66. The molecule has 0 saturated carbocycles. The molecule has 1 atom stereocenters. The lowest BCUT2D eigenvalue weighted by atomic mass is 10.1. The molecule has 0 aromatic heterocycles. The van der Waals surface area contributed by atoms with Crippen LogP contribution in [-0.2, 0) is 19.6 Å². The Bertz CT molecular complexity index is 931. The fourth-order valence-corrected chi connectivity index (χ4v) is 3.58. The molecule has 0 amide bonds. The van der Waals surface area contributed by atoms with Crippen molar-refractivity contribution < 1.29 is 31.5 Å². The van der Waals surface area contributed by atoms with Gasteiger partial charge in [0.05, 0.1) is 19.1 Å². The van der Waals surface area contributed by atoms with E-state index in [9.17, 15) is 22.0 Å². The molecule has 0 bridgehead atoms. The predicted octanol–water partition coefficient (Wildman–Crippen LogP) is 2.47. The summed E-state index contributed by atoms with van der Waals surface area (Å²) >= 11 is 0. The van der Waals surface area contributed by atoms with Crippen LogP contribution >= 0.6 is 0 Å². The van der Waals surface area contributed by atoms with Crippen LogP contribution in [0.2, 0.25) is 0 Å². The average Bonchev–Trinajstić information content (AvgIpc) is 2.61. The third kappa shape index (κ3) is 4.17. The standard InChI is InChI=1S/C17H17F2NO5S/c1-10-8-12(5-7-15(10)24-2)26(22,23)20-16(17(21)25-3)13-9-11(18)4-6-14(13)19/h4-9,16,20H,1-3H3. The van der Waals surface area contributed by atoms with Crippen molar-refractivity contribution in [1.29, 1.82) is 0 Å². The van der Waals surface area contributed by atoms with E-state index in [1.165, 1.54) is 25.3 Å². The van der Waals surface area contributed by atoms with Crippen LogP contribution in [0.4, 0.5) is 8.78 Å². The molecule has 0 aliphatic carbocycles. The molecule has 6 nitrogen and oxygen atoms in total. The van der Waals surface area contributed by atoms with Crippen LogP contribution in [0.1, 0.15) is 17.2 Å². The van der Waals surface area contributed by atoms with Crippen molar-refractivity contribution >= 4 is 16.0 Å². The number of hydrogen-bond donors (Lipinski definition) is 1. The third-order valence-corrected chi connectivity index (χ3v) is 5.08. The highest BCUT2D eigenvalue weighted by Crippen LogP contribution is 2.25. The number of esters is 1. The van der Waals surface area contributed by atoms with Gasteiger partial charge in [-0.2, -0.15) is 4.72 Å². The van der Waals surface area contributed by atoms with Gasteiger partial charge in [0.15, 0.2) is 0 Å². The minimum absolute atomic E-state index is 0.165. The van der Waals surface area contributed by atoms with Crippen LogP contribution in [0.5, 0.6) is 5.75 Å². The number of hydrogen-bond acceptors (Lipinski definition) is 5. The number of sulfonamides is 1. The van der Waals surface area contributed by atoms with E-state index in [0.717, 1.165) is 25.3 Å². The molecule has 2 aromatic rings. The lowest BCUT2D eigenvalue weighted by molar-refractivity contribution is -0.142. The van der Waals surface area contributed by atoms with Crippen molar-refractivity contribution in [2.75, 3.05) is 14.2 Å². The number of nitrogens with one attached hydrogen (secondary N) is 1. The SMILES string of the molecule is COC(=O)C(NS(=O)(=O)c1ccc(OC)c(C)c1)c1cc(F)ccc1F. The van der Waals surface area contributed by atoms with Gasteiger partial charge in [0.1, 0.15) is 23.4 Å². The van der Waals surface area contributed by atoms with Gasteiger partial charge in [0, 0.05) is 5.56 Å². The molecule has 0 fully saturated rings. The van der Waals surface area contributed by atoms with E-state index >= 15 is 0 Å². The zero-order valence-electron chi connectivity index (χ0n) is 14.2. The molecule has 26 heavy (non-hydrogen) atoms. The van der Waals surface area contributed by atoms with E-state index in [-0.39, 0.29) is 4.90 Å². The summed E-state index contributed by atoms with van der Waals surface area (Å²) in [6.45, 7) is 1.64. The maximum atomic E-state index is 14.0. The normalized spacial score (nSPS) is 12.5. The van der Waals surface area contributed by atoms with Crippen LogP contribution < -0.4 is 9.46 Å². The summed E-state index contributed by atoms with van der Waals surface area (Å²) in [5.74, 6) is -2.38. The predicted molar refractivity (Wildman–Crippen MR) is 89.2 cm³/mol. The summed E-state index contributed by atoms with van der Waals surface area (Å²) < 4.78 is 64.4. The summed E-state index contributed by atoms with van der Waals surface area (Å²) in [5, 5.41) is 0. The molecule has 1 N–H and O–H groups in total. The molecule has 0 aliphatic rings. The second-order valence-corrected chi connectivity index (χ2v) is 7.09. The van der Waals surface area contributed by atoms with Gasteiger partial charge < -0.3 is 9.47 Å². The number of methoxy groups -OCH3 is 2. The van der Waals surface area contributed by atoms with Gasteiger partial charge in [-0.1, -0.05) is 0 Å². The lowest BCUT2D eigenvalue weighted by Gasteiger charge is -2.18. The molecule has 140 valence electrons. The molecule has 0 saturated heterocycles. The highest BCUT2D eigenvalue weighted by Gasteiger charge is 2.30. The van der Waals surface area contributed by atoms with Gasteiger partial charge >= 0.3 is 5.97 Å². The van der Waals surface area contributed by atoms with Gasteiger partial charge in [-0.05, 0) is 48.9 Å². The molecule has 0 radical (unpaired) electrons. The quantitative estimate of drug-likeness (QED) is 0.773. The van der Waals surface area contributed by atoms with E-state index in [1.54, 1.807) is 6.92 Å². The van der Waals surface area contributed by atoms with Crippen LogP contribution in [-0.4, -0.2) is 28.6 Å². The molecule has 2 aromatic carbocycles. The largest absolute Gasteiger partial charge is 0.496 e. The fraction of sp³-hybridized carbons (Fsp3) is 0.235. The first kappa shape index (κ1) is 19.8. The first-order valence-corrected chi connectivity index (χ1v) is 8.87. The lowest BCUT2D eigenvalue weighted by Crippen LogP contribution is -2.35. The minimum Gasteiger partial charge on any atom is -0.496 e. The molecule has 2 rings (SSSR count). The van der Waals surface area contributed by atoms with Gasteiger partial charge in [-0.3, -0.25) is 0 Å². The summed E-state index contributed by atoms with van der Waals surface area (Å²) in [6.07, 6.45) is 0. The van der Waals surface area contributed by atoms with Gasteiger partial charge in [0.2, 0.25) is 10.0 Å². The van der Waals surface area contributed by atoms with Crippen LogP contribution in [0.25, 0.3) is 0 Å². The Morgan fingerprint density at radius 3 is 2.38 bits per heavy atom. The van der Waals surface area contributed by atoms with E-state index < -0.39 is 39.2 Å². The van der Waals surface area contributed by atoms with E-state index in [0.29, 0.717) is 11.3 Å². The number of halogens is 2. The minimum atomic E-state index is -4.24. The van der Waals surface area contributed by atoms with Crippen molar-refractivity contribution in [3.05, 3.63) is 59.2 Å². The van der Waals surface area contributed by atoms with Gasteiger partial charge in [-0.25, -0.2) is 22.0 Å². The number of ether oxygens (including phenoxy) is 2. The topological polar surface area (TPSA) is 81.7 Å². The van der Waals surface area contributed by atoms with Gasteiger partial charge in [0.25, 0.3) is 0 Å². The van der Waals surface area contributed by atoms with E-state index in [2.05, 4.69) is 9.46 Å². The Morgan fingerprint density at radius 2 is 1.81 bits per heavy atom. The average molecular weight is 385 g/mol.